The van der Waals surface area contributed by atoms with Gasteiger partial charge in [0.2, 0.25) is 0 Å². The normalized spacial score (nSPS) is 33.2. The molecular weight excluding hydrogens is 152 g/mol. The van der Waals surface area contributed by atoms with Crippen LogP contribution in [-0.2, 0) is 9.53 Å². The number of carbonyl (C=O) groups excluding carboxylic acids is 1. The van der Waals surface area contributed by atoms with Gasteiger partial charge in [-0.3, -0.25) is 0 Å². The largest absolute Gasteiger partial charge is 0.455 e. The molecule has 0 saturated carbocycles. The Kier molecular flexibility index (Phi) is 2.69. The minimum Gasteiger partial charge on any atom is -0.455 e. The summed E-state index contributed by atoms with van der Waals surface area (Å²) >= 11 is 0. The average Bonchev–Trinajstić information content (AvgIpc) is 2.03. The van der Waals surface area contributed by atoms with Crippen molar-refractivity contribution in [3.8, 4) is 0 Å². The molecule has 1 aliphatic rings. The summed E-state index contributed by atoms with van der Waals surface area (Å²) in [5, 5.41) is 0. The second-order valence-corrected chi connectivity index (χ2v) is 3.06. The highest BCUT2D eigenvalue weighted by molar-refractivity contribution is 5.89. The van der Waals surface area contributed by atoms with Crippen LogP contribution < -0.4 is 0 Å². The fourth-order valence-electron chi connectivity index (χ4n) is 1.48. The van der Waals surface area contributed by atoms with E-state index in [-0.39, 0.29) is 12.1 Å². The monoisotopic (exact) mass is 166 g/mol. The molecule has 2 nitrogen and oxygen atoms in total. The van der Waals surface area contributed by atoms with Gasteiger partial charge < -0.3 is 4.74 Å². The molecule has 1 aliphatic heterocycles. The molecule has 0 amide bonds. The van der Waals surface area contributed by atoms with E-state index < -0.39 is 0 Å². The van der Waals surface area contributed by atoms with Gasteiger partial charge in [-0.05, 0) is 19.3 Å². The number of hydrogen-bond donors (Lipinski definition) is 0. The van der Waals surface area contributed by atoms with Crippen LogP contribution in [0.1, 0.15) is 20.3 Å². The van der Waals surface area contributed by atoms with Crippen molar-refractivity contribution in [2.45, 2.75) is 26.4 Å². The van der Waals surface area contributed by atoms with Crippen molar-refractivity contribution in [1.82, 2.24) is 0 Å². The Bertz CT molecular complexity index is 228. The minimum absolute atomic E-state index is 0.101. The summed E-state index contributed by atoms with van der Waals surface area (Å²) in [7, 11) is 0. The van der Waals surface area contributed by atoms with Gasteiger partial charge in [0.1, 0.15) is 6.10 Å². The Balaban J connectivity index is 2.77. The number of carbonyl (C=O) groups is 1. The number of hydrogen-bond acceptors (Lipinski definition) is 2. The van der Waals surface area contributed by atoms with Crippen LogP contribution in [0.2, 0.25) is 0 Å². The zero-order valence-corrected chi connectivity index (χ0v) is 7.54. The van der Waals surface area contributed by atoms with Gasteiger partial charge >= 0.3 is 5.97 Å². The van der Waals surface area contributed by atoms with Crippen molar-refractivity contribution < 1.29 is 9.53 Å². The number of allylic oxidation sites excluding steroid dienone is 1. The quantitative estimate of drug-likeness (QED) is 0.338. The summed E-state index contributed by atoms with van der Waals surface area (Å²) in [6, 6.07) is 0. The maximum absolute atomic E-state index is 11.3. The van der Waals surface area contributed by atoms with Crippen LogP contribution in [0.15, 0.2) is 24.3 Å². The van der Waals surface area contributed by atoms with E-state index in [0.29, 0.717) is 5.92 Å². The van der Waals surface area contributed by atoms with Crippen LogP contribution >= 0.6 is 0 Å². The Labute approximate surface area is 72.9 Å². The van der Waals surface area contributed by atoms with Crippen LogP contribution in [-0.4, -0.2) is 12.1 Å². The molecule has 1 fully saturated rings. The molecule has 0 bridgehead atoms. The van der Waals surface area contributed by atoms with Gasteiger partial charge in [-0.25, -0.2) is 4.79 Å². The van der Waals surface area contributed by atoms with E-state index in [1.807, 2.05) is 19.9 Å². The third kappa shape index (κ3) is 1.58. The Morgan fingerprint density at radius 3 is 2.75 bits per heavy atom. The molecule has 0 spiro atoms. The second-order valence-electron chi connectivity index (χ2n) is 3.06. The SMILES string of the molecule is C=CC1CC(C)/C(=C/C)C(=O)O1. The van der Waals surface area contributed by atoms with Crippen molar-refractivity contribution in [2.24, 2.45) is 5.92 Å². The molecule has 66 valence electrons. The van der Waals surface area contributed by atoms with E-state index in [1.165, 1.54) is 0 Å². The summed E-state index contributed by atoms with van der Waals surface area (Å²) < 4.78 is 5.08. The molecular formula is C10H14O2. The first-order chi connectivity index (χ1) is 5.69. The van der Waals surface area contributed by atoms with E-state index in [4.69, 9.17) is 4.74 Å². The molecule has 0 aromatic carbocycles. The van der Waals surface area contributed by atoms with Gasteiger partial charge in [0.25, 0.3) is 0 Å². The first kappa shape index (κ1) is 9.04. The second kappa shape index (κ2) is 3.57. The topological polar surface area (TPSA) is 26.3 Å². The van der Waals surface area contributed by atoms with Crippen LogP contribution in [0.4, 0.5) is 0 Å². The summed E-state index contributed by atoms with van der Waals surface area (Å²) in [5.41, 5.74) is 0.785. The van der Waals surface area contributed by atoms with Crippen molar-refractivity contribution in [1.29, 1.82) is 0 Å². The van der Waals surface area contributed by atoms with Gasteiger partial charge in [0, 0.05) is 5.57 Å². The minimum atomic E-state index is -0.193. The molecule has 0 aliphatic carbocycles. The Hall–Kier alpha value is -1.05. The fourth-order valence-corrected chi connectivity index (χ4v) is 1.48. The van der Waals surface area contributed by atoms with E-state index in [9.17, 15) is 4.79 Å². The lowest BCUT2D eigenvalue weighted by atomic mass is 9.92. The van der Waals surface area contributed by atoms with Crippen LogP contribution in [0.3, 0.4) is 0 Å². The van der Waals surface area contributed by atoms with Gasteiger partial charge in [-0.1, -0.05) is 25.7 Å². The van der Waals surface area contributed by atoms with Crippen molar-refractivity contribution >= 4 is 5.97 Å². The van der Waals surface area contributed by atoms with Crippen LogP contribution in [0.5, 0.6) is 0 Å². The first-order valence-corrected chi connectivity index (χ1v) is 4.18. The maximum atomic E-state index is 11.3. The van der Waals surface area contributed by atoms with E-state index in [2.05, 4.69) is 6.58 Å². The third-order valence-electron chi connectivity index (χ3n) is 2.18. The highest BCUT2D eigenvalue weighted by atomic mass is 16.5. The predicted octanol–water partition coefficient (Wildman–Crippen LogP) is 2.07. The molecule has 1 rings (SSSR count). The van der Waals surface area contributed by atoms with E-state index in [0.717, 1.165) is 12.0 Å². The van der Waals surface area contributed by atoms with Crippen molar-refractivity contribution in [2.75, 3.05) is 0 Å². The molecule has 12 heavy (non-hydrogen) atoms. The molecule has 0 N–H and O–H groups in total. The van der Waals surface area contributed by atoms with Crippen molar-refractivity contribution in [3.63, 3.8) is 0 Å². The molecule has 1 heterocycles. The van der Waals surface area contributed by atoms with E-state index >= 15 is 0 Å². The lowest BCUT2D eigenvalue weighted by Gasteiger charge is -2.26. The summed E-state index contributed by atoms with van der Waals surface area (Å²) in [5.74, 6) is 0.0976. The maximum Gasteiger partial charge on any atom is 0.334 e. The van der Waals surface area contributed by atoms with Crippen molar-refractivity contribution in [3.05, 3.63) is 24.3 Å². The number of esters is 1. The highest BCUT2D eigenvalue weighted by Crippen LogP contribution is 2.25. The Morgan fingerprint density at radius 2 is 2.33 bits per heavy atom. The predicted molar refractivity (Wildman–Crippen MR) is 47.6 cm³/mol. The zero-order chi connectivity index (χ0) is 9.14. The molecule has 0 aromatic heterocycles. The van der Waals surface area contributed by atoms with Gasteiger partial charge in [-0.2, -0.15) is 0 Å². The summed E-state index contributed by atoms with van der Waals surface area (Å²) in [6.45, 7) is 7.50. The summed E-state index contributed by atoms with van der Waals surface area (Å²) in [4.78, 5) is 11.3. The third-order valence-corrected chi connectivity index (χ3v) is 2.18. The highest BCUT2D eigenvalue weighted by Gasteiger charge is 2.28. The van der Waals surface area contributed by atoms with E-state index in [1.54, 1.807) is 6.08 Å². The molecule has 0 radical (unpaired) electrons. The van der Waals surface area contributed by atoms with Crippen LogP contribution in [0.25, 0.3) is 0 Å². The zero-order valence-electron chi connectivity index (χ0n) is 7.54. The summed E-state index contributed by atoms with van der Waals surface area (Å²) in [6.07, 6.45) is 4.26. The molecule has 2 atom stereocenters. The van der Waals surface area contributed by atoms with Gasteiger partial charge in [-0.15, -0.1) is 0 Å². The number of rotatable bonds is 1. The number of ether oxygens (including phenoxy) is 1. The molecule has 0 aromatic rings. The van der Waals surface area contributed by atoms with Gasteiger partial charge in [0.15, 0.2) is 0 Å². The Morgan fingerprint density at radius 1 is 1.67 bits per heavy atom. The van der Waals surface area contributed by atoms with Gasteiger partial charge in [0.05, 0.1) is 0 Å². The molecule has 2 heteroatoms. The number of cyclic esters (lactones) is 1. The first-order valence-electron chi connectivity index (χ1n) is 4.18. The molecule has 2 unspecified atom stereocenters. The average molecular weight is 166 g/mol. The van der Waals surface area contributed by atoms with Crippen LogP contribution in [0, 0.1) is 5.92 Å². The molecule has 1 saturated heterocycles. The lowest BCUT2D eigenvalue weighted by molar-refractivity contribution is -0.146. The fraction of sp³-hybridized carbons (Fsp3) is 0.500. The standard InChI is InChI=1S/C10H14O2/c1-4-8-6-7(3)9(5-2)10(11)12-8/h4-5,7-8H,1,6H2,2-3H3/b9-5-. The lowest BCUT2D eigenvalue weighted by Crippen LogP contribution is -2.29. The smallest absolute Gasteiger partial charge is 0.334 e.